The van der Waals surface area contributed by atoms with Crippen LogP contribution in [0.1, 0.15) is 39.1 Å². The normalized spacial score (nSPS) is 38.2. The van der Waals surface area contributed by atoms with Gasteiger partial charge in [-0.25, -0.2) is 0 Å². The van der Waals surface area contributed by atoms with Crippen molar-refractivity contribution in [1.82, 2.24) is 0 Å². The average Bonchev–Trinajstić information content (AvgIpc) is 2.69. The largest absolute Gasteiger partial charge is 0.467 e. The highest BCUT2D eigenvalue weighted by molar-refractivity contribution is 5.10. The van der Waals surface area contributed by atoms with Crippen LogP contribution in [0.3, 0.4) is 0 Å². The summed E-state index contributed by atoms with van der Waals surface area (Å²) in [6.45, 7) is 7.95. The molecule has 0 amide bonds. The summed E-state index contributed by atoms with van der Waals surface area (Å²) in [6.07, 6.45) is 3.07. The summed E-state index contributed by atoms with van der Waals surface area (Å²) in [5.74, 6) is 3.49. The highest BCUT2D eigenvalue weighted by Gasteiger charge is 2.58. The summed E-state index contributed by atoms with van der Waals surface area (Å²) >= 11 is 0. The first-order chi connectivity index (χ1) is 7.57. The second-order valence-electron chi connectivity index (χ2n) is 6.29. The van der Waals surface area contributed by atoms with E-state index in [1.807, 2.05) is 12.1 Å². The highest BCUT2D eigenvalue weighted by atomic mass is 16.5. The van der Waals surface area contributed by atoms with Gasteiger partial charge in [-0.1, -0.05) is 20.8 Å². The first kappa shape index (κ1) is 10.4. The lowest BCUT2D eigenvalue weighted by molar-refractivity contribution is -0.00426. The number of hydrogen-bond donors (Lipinski definition) is 0. The Labute approximate surface area is 97.0 Å². The van der Waals surface area contributed by atoms with Crippen LogP contribution in [-0.4, -0.2) is 6.61 Å². The van der Waals surface area contributed by atoms with Crippen molar-refractivity contribution < 1.29 is 9.15 Å². The third kappa shape index (κ3) is 1.60. The third-order valence-electron chi connectivity index (χ3n) is 4.17. The van der Waals surface area contributed by atoms with E-state index in [9.17, 15) is 0 Å². The number of furan rings is 1. The van der Waals surface area contributed by atoms with Gasteiger partial charge in [0.2, 0.25) is 0 Å². The van der Waals surface area contributed by atoms with Gasteiger partial charge in [0.25, 0.3) is 0 Å². The maximum absolute atomic E-state index is 5.91. The monoisotopic (exact) mass is 220 g/mol. The lowest BCUT2D eigenvalue weighted by Gasteiger charge is -2.19. The van der Waals surface area contributed by atoms with Gasteiger partial charge in [-0.15, -0.1) is 0 Å². The van der Waals surface area contributed by atoms with E-state index < -0.39 is 0 Å². The fourth-order valence-electron chi connectivity index (χ4n) is 3.49. The van der Waals surface area contributed by atoms with E-state index >= 15 is 0 Å². The molecule has 2 heteroatoms. The molecule has 4 atom stereocenters. The van der Waals surface area contributed by atoms with Crippen LogP contribution >= 0.6 is 0 Å². The van der Waals surface area contributed by atoms with E-state index in [1.165, 1.54) is 0 Å². The predicted octanol–water partition coefficient (Wildman–Crippen LogP) is 3.65. The second-order valence-corrected chi connectivity index (χ2v) is 6.29. The Hall–Kier alpha value is -0.760. The van der Waals surface area contributed by atoms with E-state index in [2.05, 4.69) is 20.8 Å². The molecule has 4 unspecified atom stereocenters. The molecule has 0 spiro atoms. The highest BCUT2D eigenvalue weighted by Crippen LogP contribution is 2.62. The second kappa shape index (κ2) is 3.36. The van der Waals surface area contributed by atoms with E-state index in [1.54, 1.807) is 6.26 Å². The predicted molar refractivity (Wildman–Crippen MR) is 61.9 cm³/mol. The third-order valence-corrected chi connectivity index (χ3v) is 4.17. The average molecular weight is 220 g/mol. The van der Waals surface area contributed by atoms with Crippen molar-refractivity contribution in [2.75, 3.05) is 6.61 Å². The fraction of sp³-hybridized carbons (Fsp3) is 0.714. The first-order valence-corrected chi connectivity index (χ1v) is 6.22. The van der Waals surface area contributed by atoms with Crippen molar-refractivity contribution in [3.8, 4) is 0 Å². The van der Waals surface area contributed by atoms with Crippen molar-refractivity contribution in [3.63, 3.8) is 0 Å². The van der Waals surface area contributed by atoms with Crippen molar-refractivity contribution in [2.45, 2.75) is 33.3 Å². The molecule has 2 nitrogen and oxygen atoms in total. The van der Waals surface area contributed by atoms with Gasteiger partial charge in [-0.05, 0) is 41.7 Å². The zero-order valence-corrected chi connectivity index (χ0v) is 10.3. The van der Waals surface area contributed by atoms with E-state index in [-0.39, 0.29) is 6.10 Å². The summed E-state index contributed by atoms with van der Waals surface area (Å²) in [5, 5.41) is 0. The smallest absolute Gasteiger partial charge is 0.132 e. The Kier molecular flexibility index (Phi) is 2.19. The molecule has 16 heavy (non-hydrogen) atoms. The van der Waals surface area contributed by atoms with Crippen molar-refractivity contribution in [1.29, 1.82) is 0 Å². The zero-order valence-electron chi connectivity index (χ0n) is 10.3. The summed E-state index contributed by atoms with van der Waals surface area (Å²) < 4.78 is 11.3. The van der Waals surface area contributed by atoms with Crippen LogP contribution in [0.2, 0.25) is 0 Å². The molecule has 2 fully saturated rings. The van der Waals surface area contributed by atoms with Gasteiger partial charge in [0, 0.05) is 0 Å². The maximum Gasteiger partial charge on any atom is 0.132 e. The first-order valence-electron chi connectivity index (χ1n) is 6.22. The van der Waals surface area contributed by atoms with Crippen LogP contribution in [0, 0.1) is 23.2 Å². The van der Waals surface area contributed by atoms with E-state index in [0.717, 1.165) is 36.5 Å². The molecule has 0 aromatic carbocycles. The van der Waals surface area contributed by atoms with Crippen LogP contribution in [0.5, 0.6) is 0 Å². The van der Waals surface area contributed by atoms with Crippen LogP contribution < -0.4 is 0 Å². The van der Waals surface area contributed by atoms with Crippen LogP contribution in [0.4, 0.5) is 0 Å². The quantitative estimate of drug-likeness (QED) is 0.720. The number of hydrogen-bond acceptors (Lipinski definition) is 2. The molecular weight excluding hydrogens is 200 g/mol. The van der Waals surface area contributed by atoms with Crippen molar-refractivity contribution in [3.05, 3.63) is 24.2 Å². The number of fused-ring (bicyclic) bond motifs is 1. The summed E-state index contributed by atoms with van der Waals surface area (Å²) in [6, 6.07) is 3.97. The molecule has 1 saturated heterocycles. The minimum absolute atomic E-state index is 0.198. The van der Waals surface area contributed by atoms with E-state index in [4.69, 9.17) is 9.15 Å². The van der Waals surface area contributed by atoms with Gasteiger partial charge in [0.1, 0.15) is 11.9 Å². The SMILES string of the molecule is CC(C)(C)C1C2COC(c3ccco3)CC21. The Morgan fingerprint density at radius 1 is 1.25 bits per heavy atom. The lowest BCUT2D eigenvalue weighted by Crippen LogP contribution is -2.13. The van der Waals surface area contributed by atoms with Gasteiger partial charge in [-0.3, -0.25) is 0 Å². The molecule has 0 radical (unpaired) electrons. The van der Waals surface area contributed by atoms with E-state index in [0.29, 0.717) is 5.41 Å². The molecule has 0 bridgehead atoms. The molecule has 0 N–H and O–H groups in total. The van der Waals surface area contributed by atoms with Gasteiger partial charge in [0.15, 0.2) is 0 Å². The molecule has 2 aliphatic rings. The maximum atomic E-state index is 5.91. The Morgan fingerprint density at radius 2 is 2.06 bits per heavy atom. The van der Waals surface area contributed by atoms with Gasteiger partial charge >= 0.3 is 0 Å². The minimum Gasteiger partial charge on any atom is -0.467 e. The Morgan fingerprint density at radius 3 is 2.69 bits per heavy atom. The molecule has 1 aliphatic carbocycles. The van der Waals surface area contributed by atoms with Crippen LogP contribution in [0.15, 0.2) is 22.8 Å². The minimum atomic E-state index is 0.198. The Bertz CT molecular complexity index is 361. The van der Waals surface area contributed by atoms with Crippen LogP contribution in [0.25, 0.3) is 0 Å². The molecule has 1 saturated carbocycles. The summed E-state index contributed by atoms with van der Waals surface area (Å²) in [7, 11) is 0. The summed E-state index contributed by atoms with van der Waals surface area (Å²) in [5.41, 5.74) is 0.427. The van der Waals surface area contributed by atoms with Gasteiger partial charge in [0.05, 0.1) is 12.9 Å². The van der Waals surface area contributed by atoms with Gasteiger partial charge in [-0.2, -0.15) is 0 Å². The fourth-order valence-corrected chi connectivity index (χ4v) is 3.49. The molecule has 1 aliphatic heterocycles. The standard InChI is InChI=1S/C14H20O2/c1-14(2,3)13-9-7-12(16-8-10(9)13)11-5-4-6-15-11/h4-6,9-10,12-13H,7-8H2,1-3H3. The molecule has 1 aromatic rings. The molecular formula is C14H20O2. The molecule has 2 heterocycles. The van der Waals surface area contributed by atoms with Crippen molar-refractivity contribution >= 4 is 0 Å². The Balaban J connectivity index is 1.70. The number of rotatable bonds is 1. The molecule has 1 aromatic heterocycles. The molecule has 3 rings (SSSR count). The van der Waals surface area contributed by atoms with Crippen molar-refractivity contribution in [2.24, 2.45) is 23.2 Å². The number of ether oxygens (including phenoxy) is 1. The lowest BCUT2D eigenvalue weighted by atomic mass is 9.87. The van der Waals surface area contributed by atoms with Crippen LogP contribution in [-0.2, 0) is 4.74 Å². The van der Waals surface area contributed by atoms with Gasteiger partial charge < -0.3 is 9.15 Å². The zero-order chi connectivity index (χ0) is 11.3. The topological polar surface area (TPSA) is 22.4 Å². The molecule has 88 valence electrons. The summed E-state index contributed by atoms with van der Waals surface area (Å²) in [4.78, 5) is 0.